The van der Waals surface area contributed by atoms with Crippen molar-refractivity contribution in [1.82, 2.24) is 10.6 Å². The predicted molar refractivity (Wildman–Crippen MR) is 64.9 cm³/mol. The van der Waals surface area contributed by atoms with Gasteiger partial charge >= 0.3 is 6.09 Å². The minimum atomic E-state index is -0.434. The van der Waals surface area contributed by atoms with Gasteiger partial charge in [-0.2, -0.15) is 0 Å². The zero-order chi connectivity index (χ0) is 12.7. The van der Waals surface area contributed by atoms with Gasteiger partial charge in [-0.1, -0.05) is 12.1 Å². The Morgan fingerprint density at radius 3 is 2.88 bits per heavy atom. The highest BCUT2D eigenvalue weighted by Gasteiger charge is 2.05. The largest absolute Gasteiger partial charge is 0.508 e. The van der Waals surface area contributed by atoms with E-state index in [1.54, 1.807) is 18.2 Å². The molecule has 5 nitrogen and oxygen atoms in total. The predicted octanol–water partition coefficient (Wildman–Crippen LogP) is 1.40. The molecule has 17 heavy (non-hydrogen) atoms. The molecule has 0 aliphatic heterocycles. The Balaban J connectivity index is 2.30. The molecule has 0 spiro atoms. The van der Waals surface area contributed by atoms with E-state index in [0.717, 1.165) is 5.56 Å². The second-order valence-corrected chi connectivity index (χ2v) is 3.69. The number of benzene rings is 1. The van der Waals surface area contributed by atoms with Gasteiger partial charge < -0.3 is 20.5 Å². The molecule has 0 heterocycles. The van der Waals surface area contributed by atoms with Crippen LogP contribution in [0.15, 0.2) is 24.3 Å². The Labute approximate surface area is 101 Å². The van der Waals surface area contributed by atoms with Gasteiger partial charge in [-0.25, -0.2) is 4.79 Å². The first-order valence-corrected chi connectivity index (χ1v) is 5.47. The van der Waals surface area contributed by atoms with Crippen LogP contribution in [0.25, 0.3) is 0 Å². The number of carbonyl (C=O) groups is 1. The summed E-state index contributed by atoms with van der Waals surface area (Å²) in [6, 6.07) is 7.20. The van der Waals surface area contributed by atoms with Gasteiger partial charge in [0.05, 0.1) is 7.11 Å². The van der Waals surface area contributed by atoms with E-state index in [1.807, 2.05) is 13.0 Å². The van der Waals surface area contributed by atoms with Crippen molar-refractivity contribution < 1.29 is 14.6 Å². The highest BCUT2D eigenvalue weighted by Crippen LogP contribution is 2.17. The molecule has 0 radical (unpaired) electrons. The van der Waals surface area contributed by atoms with Crippen LogP contribution in [0.1, 0.15) is 18.5 Å². The van der Waals surface area contributed by atoms with Crippen LogP contribution in [0.2, 0.25) is 0 Å². The van der Waals surface area contributed by atoms with Gasteiger partial charge in [0.2, 0.25) is 0 Å². The quantitative estimate of drug-likeness (QED) is 0.678. The van der Waals surface area contributed by atoms with E-state index < -0.39 is 6.09 Å². The standard InChI is InChI=1S/C12H18N2O3/c1-9(10-4-3-5-11(15)8-10)13-6-7-14-12(16)17-2/h3-5,8-9,13,15H,6-7H2,1-2H3,(H,14,16)/t9-/m0/s1. The molecule has 0 bridgehead atoms. The monoisotopic (exact) mass is 238 g/mol. The van der Waals surface area contributed by atoms with Crippen molar-refractivity contribution in [1.29, 1.82) is 0 Å². The first kappa shape index (κ1) is 13.3. The average Bonchev–Trinajstić information content (AvgIpc) is 2.34. The van der Waals surface area contributed by atoms with Gasteiger partial charge in [-0.3, -0.25) is 0 Å². The summed E-state index contributed by atoms with van der Waals surface area (Å²) in [6.45, 7) is 3.12. The molecule has 1 rings (SSSR count). The lowest BCUT2D eigenvalue weighted by Crippen LogP contribution is -2.32. The van der Waals surface area contributed by atoms with E-state index in [9.17, 15) is 9.90 Å². The van der Waals surface area contributed by atoms with Gasteiger partial charge in [0.15, 0.2) is 0 Å². The molecule has 1 aromatic carbocycles. The molecule has 1 atom stereocenters. The van der Waals surface area contributed by atoms with Crippen molar-refractivity contribution in [2.75, 3.05) is 20.2 Å². The van der Waals surface area contributed by atoms with Crippen LogP contribution in [0.3, 0.4) is 0 Å². The van der Waals surface area contributed by atoms with Crippen LogP contribution in [0, 0.1) is 0 Å². The normalized spacial score (nSPS) is 11.9. The van der Waals surface area contributed by atoms with Crippen LogP contribution in [0.5, 0.6) is 5.75 Å². The molecule has 94 valence electrons. The Morgan fingerprint density at radius 1 is 1.47 bits per heavy atom. The summed E-state index contributed by atoms with van der Waals surface area (Å²) in [5, 5.41) is 15.1. The molecule has 0 unspecified atom stereocenters. The van der Waals surface area contributed by atoms with Crippen LogP contribution >= 0.6 is 0 Å². The number of ether oxygens (including phenoxy) is 1. The second kappa shape index (κ2) is 6.75. The first-order valence-electron chi connectivity index (χ1n) is 5.47. The molecule has 0 aromatic heterocycles. The smallest absolute Gasteiger partial charge is 0.406 e. The molecule has 1 amide bonds. The highest BCUT2D eigenvalue weighted by atomic mass is 16.5. The minimum Gasteiger partial charge on any atom is -0.508 e. The number of alkyl carbamates (subject to hydrolysis) is 1. The van der Waals surface area contributed by atoms with Gasteiger partial charge in [0.1, 0.15) is 5.75 Å². The molecule has 0 fully saturated rings. The Kier molecular flexibility index (Phi) is 5.29. The molecular weight excluding hydrogens is 220 g/mol. The SMILES string of the molecule is COC(=O)NCCN[C@@H](C)c1cccc(O)c1. The third-order valence-corrected chi connectivity index (χ3v) is 2.40. The number of phenols is 1. The van der Waals surface area contributed by atoms with Gasteiger partial charge in [0.25, 0.3) is 0 Å². The maximum Gasteiger partial charge on any atom is 0.406 e. The van der Waals surface area contributed by atoms with Gasteiger partial charge in [-0.15, -0.1) is 0 Å². The van der Waals surface area contributed by atoms with Crippen LogP contribution in [0.4, 0.5) is 4.79 Å². The number of methoxy groups -OCH3 is 1. The van der Waals surface area contributed by atoms with E-state index in [2.05, 4.69) is 15.4 Å². The topological polar surface area (TPSA) is 70.6 Å². The number of carbonyl (C=O) groups excluding carboxylic acids is 1. The van der Waals surface area contributed by atoms with Crippen molar-refractivity contribution in [3.05, 3.63) is 29.8 Å². The summed E-state index contributed by atoms with van der Waals surface area (Å²) < 4.78 is 4.45. The molecule has 0 aliphatic carbocycles. The zero-order valence-corrected chi connectivity index (χ0v) is 10.1. The van der Waals surface area contributed by atoms with Crippen LogP contribution in [-0.4, -0.2) is 31.4 Å². The lowest BCUT2D eigenvalue weighted by molar-refractivity contribution is 0.171. The van der Waals surface area contributed by atoms with Crippen molar-refractivity contribution >= 4 is 6.09 Å². The Hall–Kier alpha value is -1.75. The molecule has 1 aromatic rings. The zero-order valence-electron chi connectivity index (χ0n) is 10.1. The maximum absolute atomic E-state index is 10.8. The van der Waals surface area contributed by atoms with E-state index in [-0.39, 0.29) is 11.8 Å². The molecule has 5 heteroatoms. The van der Waals surface area contributed by atoms with E-state index in [1.165, 1.54) is 7.11 Å². The summed E-state index contributed by atoms with van der Waals surface area (Å²) in [7, 11) is 1.33. The van der Waals surface area contributed by atoms with E-state index in [4.69, 9.17) is 0 Å². The number of nitrogens with one attached hydrogen (secondary N) is 2. The third-order valence-electron chi connectivity index (χ3n) is 2.40. The molecule has 0 saturated heterocycles. The number of hydrogen-bond donors (Lipinski definition) is 3. The van der Waals surface area contributed by atoms with Gasteiger partial charge in [-0.05, 0) is 24.6 Å². The van der Waals surface area contributed by atoms with Gasteiger partial charge in [0, 0.05) is 19.1 Å². The number of rotatable bonds is 5. The first-order chi connectivity index (χ1) is 8.13. The summed E-state index contributed by atoms with van der Waals surface area (Å²) in [6.07, 6.45) is -0.434. The number of phenolic OH excluding ortho intramolecular Hbond substituents is 1. The molecule has 0 aliphatic rings. The summed E-state index contributed by atoms with van der Waals surface area (Å²) in [5.74, 6) is 0.254. The van der Waals surface area contributed by atoms with Crippen LogP contribution < -0.4 is 10.6 Å². The fourth-order valence-electron chi connectivity index (χ4n) is 1.44. The van der Waals surface area contributed by atoms with E-state index in [0.29, 0.717) is 13.1 Å². The number of amides is 1. The minimum absolute atomic E-state index is 0.113. The summed E-state index contributed by atoms with van der Waals surface area (Å²) in [4.78, 5) is 10.8. The van der Waals surface area contributed by atoms with Crippen molar-refractivity contribution in [3.8, 4) is 5.75 Å². The van der Waals surface area contributed by atoms with Crippen molar-refractivity contribution in [2.24, 2.45) is 0 Å². The molecule has 3 N–H and O–H groups in total. The van der Waals surface area contributed by atoms with Crippen molar-refractivity contribution in [3.63, 3.8) is 0 Å². The fourth-order valence-corrected chi connectivity index (χ4v) is 1.44. The third kappa shape index (κ3) is 4.74. The van der Waals surface area contributed by atoms with Crippen molar-refractivity contribution in [2.45, 2.75) is 13.0 Å². The number of hydrogen-bond acceptors (Lipinski definition) is 4. The second-order valence-electron chi connectivity index (χ2n) is 3.69. The molecule has 0 saturated carbocycles. The summed E-state index contributed by atoms with van der Waals surface area (Å²) in [5.41, 5.74) is 1.00. The molecular formula is C12H18N2O3. The Bertz CT molecular complexity index is 369. The van der Waals surface area contributed by atoms with E-state index >= 15 is 0 Å². The number of aromatic hydroxyl groups is 1. The maximum atomic E-state index is 10.8. The summed E-state index contributed by atoms with van der Waals surface area (Å²) >= 11 is 0. The average molecular weight is 238 g/mol. The lowest BCUT2D eigenvalue weighted by atomic mass is 10.1. The fraction of sp³-hybridized carbons (Fsp3) is 0.417. The Morgan fingerprint density at radius 2 is 2.24 bits per heavy atom. The van der Waals surface area contributed by atoms with Crippen LogP contribution in [-0.2, 0) is 4.74 Å². The highest BCUT2D eigenvalue weighted by molar-refractivity contribution is 5.66. The lowest BCUT2D eigenvalue weighted by Gasteiger charge is -2.14.